The van der Waals surface area contributed by atoms with Crippen LogP contribution in [0.25, 0.3) is 0 Å². The number of anilines is 1. The highest BCUT2D eigenvalue weighted by Crippen LogP contribution is 2.24. The van der Waals surface area contributed by atoms with Crippen LogP contribution in [0, 0.1) is 18.8 Å². The normalized spacial score (nSPS) is 20.9. The molecule has 3 rings (SSSR count). The Morgan fingerprint density at radius 3 is 2.71 bits per heavy atom. The molecule has 1 fully saturated rings. The van der Waals surface area contributed by atoms with Crippen molar-refractivity contribution in [2.24, 2.45) is 11.8 Å². The SMILES string of the molecule is Cc1ccc(C(=O)N2C[C@H](C)C[C@H](C)C2)cc1NCc1ccn[nH]1. The van der Waals surface area contributed by atoms with Crippen molar-refractivity contribution in [3.05, 3.63) is 47.3 Å². The monoisotopic (exact) mass is 326 g/mol. The third-order valence-electron chi connectivity index (χ3n) is 4.67. The van der Waals surface area contributed by atoms with E-state index >= 15 is 0 Å². The molecule has 5 nitrogen and oxygen atoms in total. The van der Waals surface area contributed by atoms with Gasteiger partial charge in [-0.05, 0) is 48.9 Å². The topological polar surface area (TPSA) is 61.0 Å². The molecule has 2 N–H and O–H groups in total. The molecule has 1 aliphatic rings. The van der Waals surface area contributed by atoms with Gasteiger partial charge in [-0.2, -0.15) is 5.10 Å². The molecule has 1 aromatic heterocycles. The van der Waals surface area contributed by atoms with Gasteiger partial charge in [-0.1, -0.05) is 19.9 Å². The zero-order chi connectivity index (χ0) is 17.1. The van der Waals surface area contributed by atoms with E-state index in [0.29, 0.717) is 18.4 Å². The van der Waals surface area contributed by atoms with E-state index < -0.39 is 0 Å². The number of piperidine rings is 1. The number of nitrogens with one attached hydrogen (secondary N) is 2. The molecule has 2 aromatic rings. The molecule has 0 radical (unpaired) electrons. The predicted molar refractivity (Wildman–Crippen MR) is 95.9 cm³/mol. The van der Waals surface area contributed by atoms with Crippen LogP contribution < -0.4 is 5.32 Å². The second kappa shape index (κ2) is 7.07. The molecule has 1 amide bonds. The molecule has 0 bridgehead atoms. The number of hydrogen-bond donors (Lipinski definition) is 2. The number of benzene rings is 1. The summed E-state index contributed by atoms with van der Waals surface area (Å²) in [6.45, 7) is 8.87. The average Bonchev–Trinajstić information content (AvgIpc) is 3.06. The molecule has 1 saturated heterocycles. The minimum absolute atomic E-state index is 0.137. The number of aromatic amines is 1. The minimum atomic E-state index is 0.137. The lowest BCUT2D eigenvalue weighted by Gasteiger charge is -2.35. The Bertz CT molecular complexity index is 685. The van der Waals surface area contributed by atoms with Crippen LogP contribution in [-0.2, 0) is 6.54 Å². The van der Waals surface area contributed by atoms with Crippen molar-refractivity contribution >= 4 is 11.6 Å². The Balaban J connectivity index is 1.73. The first kappa shape index (κ1) is 16.6. The largest absolute Gasteiger partial charge is 0.379 e. The van der Waals surface area contributed by atoms with Crippen molar-refractivity contribution in [3.63, 3.8) is 0 Å². The molecule has 0 unspecified atom stereocenters. The Hall–Kier alpha value is -2.30. The van der Waals surface area contributed by atoms with Gasteiger partial charge in [-0.3, -0.25) is 9.89 Å². The number of carbonyl (C=O) groups excluding carboxylic acids is 1. The van der Waals surface area contributed by atoms with Crippen LogP contribution >= 0.6 is 0 Å². The summed E-state index contributed by atoms with van der Waals surface area (Å²) in [6.07, 6.45) is 2.94. The maximum Gasteiger partial charge on any atom is 0.253 e. The van der Waals surface area contributed by atoms with E-state index in [1.54, 1.807) is 6.20 Å². The summed E-state index contributed by atoms with van der Waals surface area (Å²) < 4.78 is 0. The maximum atomic E-state index is 12.9. The van der Waals surface area contributed by atoms with Gasteiger partial charge in [0.25, 0.3) is 5.91 Å². The minimum Gasteiger partial charge on any atom is -0.379 e. The van der Waals surface area contributed by atoms with E-state index in [0.717, 1.165) is 35.6 Å². The van der Waals surface area contributed by atoms with Crippen molar-refractivity contribution in [2.45, 2.75) is 33.7 Å². The fraction of sp³-hybridized carbons (Fsp3) is 0.474. The highest BCUT2D eigenvalue weighted by Gasteiger charge is 2.26. The van der Waals surface area contributed by atoms with Gasteiger partial charge in [0.1, 0.15) is 0 Å². The second-order valence-electron chi connectivity index (χ2n) is 7.12. The molecule has 1 aromatic carbocycles. The number of hydrogen-bond acceptors (Lipinski definition) is 3. The summed E-state index contributed by atoms with van der Waals surface area (Å²) in [7, 11) is 0. The van der Waals surface area contributed by atoms with Crippen LogP contribution in [0.4, 0.5) is 5.69 Å². The van der Waals surface area contributed by atoms with Crippen LogP contribution in [-0.4, -0.2) is 34.1 Å². The number of carbonyl (C=O) groups is 1. The maximum absolute atomic E-state index is 12.9. The number of nitrogens with zero attached hydrogens (tertiary/aromatic N) is 2. The lowest BCUT2D eigenvalue weighted by Crippen LogP contribution is -2.42. The third-order valence-corrected chi connectivity index (χ3v) is 4.67. The Morgan fingerprint density at radius 1 is 1.29 bits per heavy atom. The number of H-pyrrole nitrogens is 1. The van der Waals surface area contributed by atoms with E-state index in [9.17, 15) is 4.79 Å². The first-order valence-electron chi connectivity index (χ1n) is 8.65. The van der Waals surface area contributed by atoms with Crippen LogP contribution in [0.2, 0.25) is 0 Å². The molecule has 0 saturated carbocycles. The first-order chi connectivity index (χ1) is 11.5. The van der Waals surface area contributed by atoms with Gasteiger partial charge in [0.15, 0.2) is 0 Å². The molecule has 0 aliphatic carbocycles. The summed E-state index contributed by atoms with van der Waals surface area (Å²) in [4.78, 5) is 14.9. The number of aromatic nitrogens is 2. The Morgan fingerprint density at radius 2 is 2.04 bits per heavy atom. The summed E-state index contributed by atoms with van der Waals surface area (Å²) >= 11 is 0. The molecule has 128 valence electrons. The number of aryl methyl sites for hydroxylation is 1. The van der Waals surface area contributed by atoms with Gasteiger partial charge in [0.05, 0.1) is 12.2 Å². The van der Waals surface area contributed by atoms with Gasteiger partial charge >= 0.3 is 0 Å². The van der Waals surface area contributed by atoms with Crippen LogP contribution in [0.3, 0.4) is 0 Å². The Kier molecular flexibility index (Phi) is 4.88. The second-order valence-corrected chi connectivity index (χ2v) is 7.12. The molecular weight excluding hydrogens is 300 g/mol. The molecular formula is C19H26N4O. The average molecular weight is 326 g/mol. The van der Waals surface area contributed by atoms with Gasteiger partial charge < -0.3 is 10.2 Å². The van der Waals surface area contributed by atoms with Gasteiger partial charge in [0, 0.05) is 30.5 Å². The van der Waals surface area contributed by atoms with Gasteiger partial charge in [0.2, 0.25) is 0 Å². The summed E-state index contributed by atoms with van der Waals surface area (Å²) in [5.74, 6) is 1.28. The summed E-state index contributed by atoms with van der Waals surface area (Å²) in [5.41, 5.74) is 3.90. The Labute approximate surface area is 143 Å². The quantitative estimate of drug-likeness (QED) is 0.904. The van der Waals surface area contributed by atoms with Gasteiger partial charge in [-0.25, -0.2) is 0 Å². The molecule has 2 heterocycles. The molecule has 5 heteroatoms. The van der Waals surface area contributed by atoms with Gasteiger partial charge in [-0.15, -0.1) is 0 Å². The van der Waals surface area contributed by atoms with Crippen molar-refractivity contribution in [1.82, 2.24) is 15.1 Å². The van der Waals surface area contributed by atoms with E-state index in [1.165, 1.54) is 6.42 Å². The first-order valence-corrected chi connectivity index (χ1v) is 8.65. The van der Waals surface area contributed by atoms with Crippen molar-refractivity contribution in [3.8, 4) is 0 Å². The lowest BCUT2D eigenvalue weighted by molar-refractivity contribution is 0.0623. The fourth-order valence-corrected chi connectivity index (χ4v) is 3.53. The van der Waals surface area contributed by atoms with E-state index in [1.807, 2.05) is 29.2 Å². The van der Waals surface area contributed by atoms with Crippen molar-refractivity contribution < 1.29 is 4.79 Å². The lowest BCUT2D eigenvalue weighted by atomic mass is 9.91. The molecule has 1 aliphatic heterocycles. The van der Waals surface area contributed by atoms with Crippen LogP contribution in [0.5, 0.6) is 0 Å². The molecule has 24 heavy (non-hydrogen) atoms. The number of amides is 1. The van der Waals surface area contributed by atoms with E-state index in [2.05, 4.69) is 36.3 Å². The zero-order valence-corrected chi connectivity index (χ0v) is 14.7. The molecule has 0 spiro atoms. The van der Waals surface area contributed by atoms with Crippen molar-refractivity contribution in [2.75, 3.05) is 18.4 Å². The third kappa shape index (κ3) is 3.78. The predicted octanol–water partition coefficient (Wildman–Crippen LogP) is 3.45. The number of likely N-dealkylation sites (tertiary alicyclic amines) is 1. The van der Waals surface area contributed by atoms with E-state index in [4.69, 9.17) is 0 Å². The zero-order valence-electron chi connectivity index (χ0n) is 14.7. The fourth-order valence-electron chi connectivity index (χ4n) is 3.53. The number of rotatable bonds is 4. The summed E-state index contributed by atoms with van der Waals surface area (Å²) in [6, 6.07) is 7.86. The van der Waals surface area contributed by atoms with E-state index in [-0.39, 0.29) is 5.91 Å². The van der Waals surface area contributed by atoms with Crippen molar-refractivity contribution in [1.29, 1.82) is 0 Å². The van der Waals surface area contributed by atoms with Crippen LogP contribution in [0.15, 0.2) is 30.5 Å². The standard InChI is InChI=1S/C19H26N4O/c1-13-8-14(2)12-23(11-13)19(24)16-5-4-15(3)18(9-16)20-10-17-6-7-21-22-17/h4-7,9,13-14,20H,8,10-12H2,1-3H3,(H,21,22)/t13-,14+. The smallest absolute Gasteiger partial charge is 0.253 e. The highest BCUT2D eigenvalue weighted by atomic mass is 16.2. The summed E-state index contributed by atoms with van der Waals surface area (Å²) in [5, 5.41) is 10.3. The molecule has 2 atom stereocenters. The highest BCUT2D eigenvalue weighted by molar-refractivity contribution is 5.95. The van der Waals surface area contributed by atoms with Crippen LogP contribution in [0.1, 0.15) is 41.9 Å².